The lowest BCUT2D eigenvalue weighted by atomic mass is 9.91. The zero-order valence-corrected chi connectivity index (χ0v) is 23.4. The number of halogens is 1. The fraction of sp³-hybridized carbons (Fsp3) is 0.731. The van der Waals surface area contributed by atoms with Crippen LogP contribution in [0.2, 0.25) is 0 Å². The number of methoxy groups -OCH3 is 1. The molecular weight excluding hydrogens is 527 g/mol. The van der Waals surface area contributed by atoms with Crippen LogP contribution in [-0.4, -0.2) is 75.4 Å². The molecule has 0 saturated carbocycles. The SMILES string of the molecule is CN=C(NCc1ccc(CN2CC(C)CC(C)C2)cc1)N1CCC(OCCCOC)CC1.I. The summed E-state index contributed by atoms with van der Waals surface area (Å²) >= 11 is 0. The standard InChI is InChI=1S/C26H44N4O2.HI/c1-21-16-22(2)19-29(18-21)20-24-8-6-23(7-9-24)17-28-26(27-3)30-12-10-25(11-13-30)32-15-5-14-31-4;/h6-9,21-22,25H,5,10-20H2,1-4H3,(H,27,28);1H. The number of guanidine groups is 1. The van der Waals surface area contributed by atoms with Gasteiger partial charge < -0.3 is 19.7 Å². The fourth-order valence-electron chi connectivity index (χ4n) is 5.14. The molecule has 0 radical (unpaired) electrons. The summed E-state index contributed by atoms with van der Waals surface area (Å²) in [6, 6.07) is 9.09. The van der Waals surface area contributed by atoms with Crippen LogP contribution in [0.3, 0.4) is 0 Å². The van der Waals surface area contributed by atoms with E-state index in [-0.39, 0.29) is 24.0 Å². The van der Waals surface area contributed by atoms with Crippen LogP contribution in [0.1, 0.15) is 50.7 Å². The van der Waals surface area contributed by atoms with Crippen LogP contribution in [0, 0.1) is 11.8 Å². The van der Waals surface area contributed by atoms with E-state index in [9.17, 15) is 0 Å². The number of hydrogen-bond acceptors (Lipinski definition) is 4. The lowest BCUT2D eigenvalue weighted by Crippen LogP contribution is -2.46. The van der Waals surface area contributed by atoms with E-state index in [4.69, 9.17) is 9.47 Å². The Morgan fingerprint density at radius 1 is 1.03 bits per heavy atom. The van der Waals surface area contributed by atoms with Crippen molar-refractivity contribution in [3.63, 3.8) is 0 Å². The summed E-state index contributed by atoms with van der Waals surface area (Å²) in [7, 11) is 3.61. The van der Waals surface area contributed by atoms with Crippen molar-refractivity contribution in [1.82, 2.24) is 15.1 Å². The molecule has 1 aromatic carbocycles. The van der Waals surface area contributed by atoms with E-state index in [1.54, 1.807) is 7.11 Å². The molecule has 2 heterocycles. The number of hydrogen-bond donors (Lipinski definition) is 1. The minimum Gasteiger partial charge on any atom is -0.385 e. The molecule has 2 aliphatic heterocycles. The summed E-state index contributed by atoms with van der Waals surface area (Å²) in [5.74, 6) is 2.60. The van der Waals surface area contributed by atoms with Crippen molar-refractivity contribution in [1.29, 1.82) is 0 Å². The molecule has 2 saturated heterocycles. The summed E-state index contributed by atoms with van der Waals surface area (Å²) < 4.78 is 11.1. The summed E-state index contributed by atoms with van der Waals surface area (Å²) in [6.45, 7) is 12.6. The molecule has 7 heteroatoms. The largest absolute Gasteiger partial charge is 0.385 e. The first-order valence-corrected chi connectivity index (χ1v) is 12.4. The monoisotopic (exact) mass is 572 g/mol. The van der Waals surface area contributed by atoms with E-state index in [0.717, 1.165) is 76.5 Å². The lowest BCUT2D eigenvalue weighted by Gasteiger charge is -2.35. The van der Waals surface area contributed by atoms with Crippen molar-refractivity contribution in [3.8, 4) is 0 Å². The molecule has 1 aromatic rings. The van der Waals surface area contributed by atoms with Crippen LogP contribution in [0.15, 0.2) is 29.3 Å². The van der Waals surface area contributed by atoms with Gasteiger partial charge in [0.1, 0.15) is 0 Å². The number of nitrogens with zero attached hydrogens (tertiary/aromatic N) is 3. The van der Waals surface area contributed by atoms with Crippen molar-refractivity contribution < 1.29 is 9.47 Å². The summed E-state index contributed by atoms with van der Waals surface area (Å²) in [4.78, 5) is 9.47. The van der Waals surface area contributed by atoms with E-state index >= 15 is 0 Å². The first kappa shape index (κ1) is 28.3. The smallest absolute Gasteiger partial charge is 0.193 e. The maximum atomic E-state index is 5.98. The Labute approximate surface area is 218 Å². The van der Waals surface area contributed by atoms with Gasteiger partial charge in [-0.2, -0.15) is 0 Å². The molecule has 33 heavy (non-hydrogen) atoms. The predicted octanol–water partition coefficient (Wildman–Crippen LogP) is 4.38. The Balaban J connectivity index is 0.00000385. The Morgan fingerprint density at radius 2 is 1.67 bits per heavy atom. The highest BCUT2D eigenvalue weighted by molar-refractivity contribution is 14.0. The maximum Gasteiger partial charge on any atom is 0.193 e. The molecule has 0 amide bonds. The Morgan fingerprint density at radius 3 is 2.27 bits per heavy atom. The number of likely N-dealkylation sites (tertiary alicyclic amines) is 2. The predicted molar refractivity (Wildman–Crippen MR) is 147 cm³/mol. The van der Waals surface area contributed by atoms with Gasteiger partial charge in [-0.1, -0.05) is 38.1 Å². The van der Waals surface area contributed by atoms with Gasteiger partial charge in [0.2, 0.25) is 0 Å². The number of ether oxygens (including phenoxy) is 2. The molecule has 3 rings (SSSR count). The molecule has 1 N–H and O–H groups in total. The van der Waals surface area contributed by atoms with E-state index in [1.807, 2.05) is 7.05 Å². The van der Waals surface area contributed by atoms with Crippen molar-refractivity contribution in [2.24, 2.45) is 16.8 Å². The van der Waals surface area contributed by atoms with Gasteiger partial charge in [-0.15, -0.1) is 24.0 Å². The van der Waals surface area contributed by atoms with E-state index in [0.29, 0.717) is 6.10 Å². The number of nitrogens with one attached hydrogen (secondary N) is 1. The van der Waals surface area contributed by atoms with Gasteiger partial charge in [-0.05, 0) is 48.6 Å². The quantitative estimate of drug-likeness (QED) is 0.206. The zero-order valence-electron chi connectivity index (χ0n) is 21.1. The van der Waals surface area contributed by atoms with Gasteiger partial charge in [0.25, 0.3) is 0 Å². The first-order valence-electron chi connectivity index (χ1n) is 12.4. The minimum absolute atomic E-state index is 0. The average Bonchev–Trinajstić information content (AvgIpc) is 2.78. The minimum atomic E-state index is 0. The third-order valence-electron chi connectivity index (χ3n) is 6.62. The van der Waals surface area contributed by atoms with E-state index < -0.39 is 0 Å². The van der Waals surface area contributed by atoms with Gasteiger partial charge in [0.05, 0.1) is 6.10 Å². The second-order valence-corrected chi connectivity index (χ2v) is 9.76. The van der Waals surface area contributed by atoms with Crippen molar-refractivity contribution in [2.45, 2.75) is 58.7 Å². The molecule has 188 valence electrons. The topological polar surface area (TPSA) is 49.3 Å². The molecule has 2 unspecified atom stereocenters. The molecule has 2 fully saturated rings. The number of benzene rings is 1. The summed E-state index contributed by atoms with van der Waals surface area (Å²) in [5.41, 5.74) is 2.71. The molecular formula is C26H45IN4O2. The van der Waals surface area contributed by atoms with Crippen LogP contribution in [0.5, 0.6) is 0 Å². The van der Waals surface area contributed by atoms with Crippen molar-refractivity contribution in [3.05, 3.63) is 35.4 Å². The molecule has 2 atom stereocenters. The van der Waals surface area contributed by atoms with Crippen LogP contribution in [0.4, 0.5) is 0 Å². The average molecular weight is 573 g/mol. The lowest BCUT2D eigenvalue weighted by molar-refractivity contribution is 0.00989. The highest BCUT2D eigenvalue weighted by Crippen LogP contribution is 2.22. The molecule has 2 aliphatic rings. The van der Waals surface area contributed by atoms with E-state index in [1.165, 1.54) is 30.6 Å². The maximum absolute atomic E-state index is 5.98. The number of rotatable bonds is 9. The number of aliphatic imine (C=N–C) groups is 1. The molecule has 6 nitrogen and oxygen atoms in total. The third-order valence-corrected chi connectivity index (χ3v) is 6.62. The number of piperidine rings is 2. The highest BCUT2D eigenvalue weighted by Gasteiger charge is 2.23. The van der Waals surface area contributed by atoms with Gasteiger partial charge in [0, 0.05) is 66.6 Å². The van der Waals surface area contributed by atoms with Crippen LogP contribution in [0.25, 0.3) is 0 Å². The molecule has 0 aliphatic carbocycles. The zero-order chi connectivity index (χ0) is 22.8. The van der Waals surface area contributed by atoms with Crippen LogP contribution in [-0.2, 0) is 22.6 Å². The summed E-state index contributed by atoms with van der Waals surface area (Å²) in [6.07, 6.45) is 4.79. The highest BCUT2D eigenvalue weighted by atomic mass is 127. The molecule has 0 bridgehead atoms. The second kappa shape index (κ2) is 15.2. The normalized spacial score (nSPS) is 22.8. The third kappa shape index (κ3) is 9.70. The van der Waals surface area contributed by atoms with Gasteiger partial charge in [0.15, 0.2) is 5.96 Å². The van der Waals surface area contributed by atoms with Gasteiger partial charge in [-0.3, -0.25) is 9.89 Å². The Bertz CT molecular complexity index is 682. The molecule has 0 aromatic heterocycles. The Hall–Kier alpha value is -0.900. The molecule has 0 spiro atoms. The first-order chi connectivity index (χ1) is 15.6. The van der Waals surface area contributed by atoms with Crippen LogP contribution < -0.4 is 5.32 Å². The Kier molecular flexibility index (Phi) is 13.0. The second-order valence-electron chi connectivity index (χ2n) is 9.76. The van der Waals surface area contributed by atoms with Gasteiger partial charge in [-0.25, -0.2) is 0 Å². The van der Waals surface area contributed by atoms with Gasteiger partial charge >= 0.3 is 0 Å². The van der Waals surface area contributed by atoms with Crippen molar-refractivity contribution >= 4 is 29.9 Å². The summed E-state index contributed by atoms with van der Waals surface area (Å²) in [5, 5.41) is 3.55. The van der Waals surface area contributed by atoms with Crippen LogP contribution >= 0.6 is 24.0 Å². The van der Waals surface area contributed by atoms with E-state index in [2.05, 4.69) is 58.2 Å². The van der Waals surface area contributed by atoms with Crippen molar-refractivity contribution in [2.75, 3.05) is 53.6 Å². The fourth-order valence-corrected chi connectivity index (χ4v) is 5.14.